The molecule has 0 aliphatic rings. The summed E-state index contributed by atoms with van der Waals surface area (Å²) in [4.78, 5) is 12.2. The number of benzene rings is 2. The molecule has 0 aliphatic carbocycles. The molecule has 0 bridgehead atoms. The predicted molar refractivity (Wildman–Crippen MR) is 114 cm³/mol. The number of carbonyl (C=O) groups is 1. The van der Waals surface area contributed by atoms with E-state index in [0.717, 1.165) is 0 Å². The van der Waals surface area contributed by atoms with Crippen molar-refractivity contribution in [2.45, 2.75) is 32.1 Å². The van der Waals surface area contributed by atoms with Crippen LogP contribution in [0.2, 0.25) is 0 Å². The highest BCUT2D eigenvalue weighted by atomic mass is 32.2. The number of hydrogen-bond donors (Lipinski definition) is 2. The van der Waals surface area contributed by atoms with Gasteiger partial charge in [-0.15, -0.1) is 0 Å². The molecule has 2 rings (SSSR count). The molecule has 0 radical (unpaired) electrons. The molecular formula is C21H28N2O5S. The van der Waals surface area contributed by atoms with Gasteiger partial charge in [-0.1, -0.05) is 32.0 Å². The number of sulfonamides is 1. The van der Waals surface area contributed by atoms with Gasteiger partial charge in [-0.2, -0.15) is 0 Å². The van der Waals surface area contributed by atoms with Crippen LogP contribution in [0.5, 0.6) is 5.75 Å². The first-order chi connectivity index (χ1) is 13.7. The van der Waals surface area contributed by atoms with Crippen LogP contribution in [-0.2, 0) is 19.6 Å². The molecule has 29 heavy (non-hydrogen) atoms. The second-order valence-corrected chi connectivity index (χ2v) is 8.70. The fourth-order valence-corrected chi connectivity index (χ4v) is 3.95. The second kappa shape index (κ2) is 10.3. The summed E-state index contributed by atoms with van der Waals surface area (Å²) in [5.41, 5.74) is 1.31. The van der Waals surface area contributed by atoms with Crippen molar-refractivity contribution in [3.8, 4) is 5.75 Å². The molecule has 0 spiro atoms. The highest BCUT2D eigenvalue weighted by Gasteiger charge is 2.19. The van der Waals surface area contributed by atoms with Gasteiger partial charge in [0.1, 0.15) is 5.75 Å². The summed E-state index contributed by atoms with van der Waals surface area (Å²) in [5, 5.41) is 2.72. The van der Waals surface area contributed by atoms with Crippen LogP contribution < -0.4 is 14.8 Å². The second-order valence-electron chi connectivity index (χ2n) is 7.05. The maximum absolute atomic E-state index is 12.9. The first kappa shape index (κ1) is 22.7. The number of para-hydroxylation sites is 2. The lowest BCUT2D eigenvalue weighted by Gasteiger charge is -2.14. The molecule has 0 aromatic heterocycles. The summed E-state index contributed by atoms with van der Waals surface area (Å²) in [6, 6.07) is 11.5. The van der Waals surface area contributed by atoms with Crippen molar-refractivity contribution in [2.75, 3.05) is 30.4 Å². The number of anilines is 2. The van der Waals surface area contributed by atoms with E-state index in [1.165, 1.54) is 13.2 Å². The van der Waals surface area contributed by atoms with Crippen LogP contribution >= 0.6 is 0 Å². The number of methoxy groups -OCH3 is 1. The smallest absolute Gasteiger partial charge is 0.262 e. The van der Waals surface area contributed by atoms with E-state index in [0.29, 0.717) is 41.8 Å². The Labute approximate surface area is 172 Å². The molecule has 158 valence electrons. The van der Waals surface area contributed by atoms with Crippen LogP contribution in [0.25, 0.3) is 0 Å². The zero-order valence-corrected chi connectivity index (χ0v) is 18.0. The summed E-state index contributed by atoms with van der Waals surface area (Å²) in [6.45, 7) is 6.67. The van der Waals surface area contributed by atoms with Crippen LogP contribution in [0.3, 0.4) is 0 Å². The molecule has 0 heterocycles. The molecule has 2 N–H and O–H groups in total. The Kier molecular flexibility index (Phi) is 8.04. The monoisotopic (exact) mass is 420 g/mol. The van der Waals surface area contributed by atoms with Crippen molar-refractivity contribution in [3.63, 3.8) is 0 Å². The fraction of sp³-hybridized carbons (Fsp3) is 0.381. The van der Waals surface area contributed by atoms with Gasteiger partial charge in [-0.3, -0.25) is 9.52 Å². The lowest BCUT2D eigenvalue weighted by atomic mass is 10.2. The number of hydrogen-bond acceptors (Lipinski definition) is 5. The summed E-state index contributed by atoms with van der Waals surface area (Å²) < 4.78 is 39.0. The van der Waals surface area contributed by atoms with Crippen molar-refractivity contribution < 1.29 is 22.7 Å². The highest BCUT2D eigenvalue weighted by molar-refractivity contribution is 7.92. The largest absolute Gasteiger partial charge is 0.495 e. The minimum Gasteiger partial charge on any atom is -0.495 e. The van der Waals surface area contributed by atoms with Gasteiger partial charge in [0.05, 0.1) is 30.7 Å². The van der Waals surface area contributed by atoms with Gasteiger partial charge in [0.25, 0.3) is 10.0 Å². The van der Waals surface area contributed by atoms with Gasteiger partial charge in [0.15, 0.2) is 0 Å². The minimum absolute atomic E-state index is 0.0808. The van der Waals surface area contributed by atoms with Gasteiger partial charge < -0.3 is 14.8 Å². The lowest BCUT2D eigenvalue weighted by molar-refractivity contribution is -0.117. The molecule has 0 unspecified atom stereocenters. The number of rotatable bonds is 10. The zero-order valence-electron chi connectivity index (χ0n) is 17.2. The van der Waals surface area contributed by atoms with Gasteiger partial charge in [-0.05, 0) is 42.7 Å². The Morgan fingerprint density at radius 1 is 1.14 bits per heavy atom. The minimum atomic E-state index is -3.87. The number of amides is 1. The predicted octanol–water partition coefficient (Wildman–Crippen LogP) is 3.81. The molecule has 2 aromatic carbocycles. The normalized spacial score (nSPS) is 11.3. The van der Waals surface area contributed by atoms with Crippen LogP contribution in [0.1, 0.15) is 25.8 Å². The van der Waals surface area contributed by atoms with E-state index < -0.39 is 10.0 Å². The average Bonchev–Trinajstić information content (AvgIpc) is 2.66. The number of carbonyl (C=O) groups excluding carboxylic acids is 1. The molecule has 0 atom stereocenters. The Morgan fingerprint density at radius 3 is 2.55 bits per heavy atom. The van der Waals surface area contributed by atoms with E-state index in [-0.39, 0.29) is 17.2 Å². The molecule has 0 aliphatic heterocycles. The third-order valence-corrected chi connectivity index (χ3v) is 5.54. The quantitative estimate of drug-likeness (QED) is 0.570. The molecule has 8 heteroatoms. The topological polar surface area (TPSA) is 93.7 Å². The lowest BCUT2D eigenvalue weighted by Crippen LogP contribution is -2.17. The molecule has 7 nitrogen and oxygen atoms in total. The van der Waals surface area contributed by atoms with Gasteiger partial charge >= 0.3 is 0 Å². The molecular weight excluding hydrogens is 392 g/mol. The van der Waals surface area contributed by atoms with E-state index >= 15 is 0 Å². The van der Waals surface area contributed by atoms with Crippen molar-refractivity contribution in [2.24, 2.45) is 5.92 Å². The third kappa shape index (κ3) is 6.76. The van der Waals surface area contributed by atoms with Crippen LogP contribution in [0, 0.1) is 12.8 Å². The van der Waals surface area contributed by atoms with E-state index in [2.05, 4.69) is 10.0 Å². The number of ether oxygens (including phenoxy) is 2. The first-order valence-electron chi connectivity index (χ1n) is 9.37. The van der Waals surface area contributed by atoms with Crippen molar-refractivity contribution in [1.82, 2.24) is 0 Å². The van der Waals surface area contributed by atoms with E-state index in [1.54, 1.807) is 43.3 Å². The Morgan fingerprint density at radius 2 is 1.86 bits per heavy atom. The fourth-order valence-electron chi connectivity index (χ4n) is 2.60. The Bertz CT molecular complexity index is 942. The SMILES string of the molecule is COc1ccccc1NS(=O)(=O)c1cc(NC(=O)CCOCC(C)C)ccc1C. The molecule has 0 saturated heterocycles. The molecule has 2 aromatic rings. The summed E-state index contributed by atoms with van der Waals surface area (Å²) in [6.07, 6.45) is 0.197. The first-order valence-corrected chi connectivity index (χ1v) is 10.9. The van der Waals surface area contributed by atoms with Crippen molar-refractivity contribution >= 4 is 27.3 Å². The molecule has 0 fully saturated rings. The standard InChI is InChI=1S/C21H28N2O5S/c1-15(2)14-28-12-11-21(24)22-17-10-9-16(3)20(13-17)29(25,26)23-18-7-5-6-8-19(18)27-4/h5-10,13,15,23H,11-12,14H2,1-4H3,(H,22,24). The summed E-state index contributed by atoms with van der Waals surface area (Å²) in [5.74, 6) is 0.580. The summed E-state index contributed by atoms with van der Waals surface area (Å²) >= 11 is 0. The third-order valence-electron chi connectivity index (χ3n) is 4.04. The van der Waals surface area contributed by atoms with Crippen LogP contribution in [0.4, 0.5) is 11.4 Å². The maximum atomic E-state index is 12.9. The van der Waals surface area contributed by atoms with Crippen molar-refractivity contribution in [1.29, 1.82) is 0 Å². The Hall–Kier alpha value is -2.58. The molecule has 0 saturated carbocycles. The van der Waals surface area contributed by atoms with Crippen molar-refractivity contribution in [3.05, 3.63) is 48.0 Å². The Balaban J connectivity index is 2.12. The number of nitrogens with one attached hydrogen (secondary N) is 2. The molecule has 1 amide bonds. The van der Waals surface area contributed by atoms with E-state index in [9.17, 15) is 13.2 Å². The van der Waals surface area contributed by atoms with Crippen LogP contribution in [-0.4, -0.2) is 34.6 Å². The van der Waals surface area contributed by atoms with Gasteiger partial charge in [0, 0.05) is 12.3 Å². The zero-order chi connectivity index (χ0) is 21.4. The van der Waals surface area contributed by atoms with Crippen LogP contribution in [0.15, 0.2) is 47.4 Å². The van der Waals surface area contributed by atoms with E-state index in [1.807, 2.05) is 13.8 Å². The number of aryl methyl sites for hydroxylation is 1. The van der Waals surface area contributed by atoms with Gasteiger partial charge in [0.2, 0.25) is 5.91 Å². The van der Waals surface area contributed by atoms with Gasteiger partial charge in [-0.25, -0.2) is 8.42 Å². The average molecular weight is 421 g/mol. The van der Waals surface area contributed by atoms with E-state index in [4.69, 9.17) is 9.47 Å². The highest BCUT2D eigenvalue weighted by Crippen LogP contribution is 2.28. The maximum Gasteiger partial charge on any atom is 0.262 e. The summed E-state index contributed by atoms with van der Waals surface area (Å²) in [7, 11) is -2.40.